The molecule has 3 heteroatoms. The Labute approximate surface area is 66.1 Å². The molecule has 0 aliphatic carbocycles. The summed E-state index contributed by atoms with van der Waals surface area (Å²) in [4.78, 5) is 0. The molecule has 2 rings (SSSR count). The highest BCUT2D eigenvalue weighted by Crippen LogP contribution is 2.10. The molecule has 2 aliphatic rings. The van der Waals surface area contributed by atoms with E-state index in [9.17, 15) is 0 Å². The Morgan fingerprint density at radius 3 is 1.91 bits per heavy atom. The summed E-state index contributed by atoms with van der Waals surface area (Å²) in [6.45, 7) is 2.01. The van der Waals surface area contributed by atoms with Gasteiger partial charge in [-0.1, -0.05) is 0 Å². The zero-order valence-electron chi connectivity index (χ0n) is 6.39. The molecule has 0 spiro atoms. The van der Waals surface area contributed by atoms with Gasteiger partial charge in [0.05, 0.1) is 0 Å². The Balaban J connectivity index is 1.89. The highest BCUT2D eigenvalue weighted by Gasteiger charge is 2.09. The molecule has 0 unspecified atom stereocenters. The number of rotatable bonds is 2. The molecule has 0 saturated heterocycles. The van der Waals surface area contributed by atoms with E-state index in [1.165, 1.54) is 0 Å². The smallest absolute Gasteiger partial charge is 0.191 e. The maximum absolute atomic E-state index is 5.47. The Bertz CT molecular complexity index is 186. The summed E-state index contributed by atoms with van der Waals surface area (Å²) < 4.78 is 5.47. The maximum atomic E-state index is 5.47. The van der Waals surface area contributed by atoms with E-state index in [0.29, 0.717) is 0 Å². The molecule has 2 heterocycles. The van der Waals surface area contributed by atoms with Crippen LogP contribution in [0.15, 0.2) is 23.9 Å². The van der Waals surface area contributed by atoms with Gasteiger partial charge in [0.2, 0.25) is 0 Å². The summed E-state index contributed by atoms with van der Waals surface area (Å²) in [7, 11) is 0. The highest BCUT2D eigenvalue weighted by atomic mass is 16.5. The first-order valence-corrected chi connectivity index (χ1v) is 4.01. The third-order valence-corrected chi connectivity index (χ3v) is 1.77. The van der Waals surface area contributed by atoms with Crippen LogP contribution in [0.2, 0.25) is 0 Å². The van der Waals surface area contributed by atoms with Crippen LogP contribution in [0, 0.1) is 0 Å². The highest BCUT2D eigenvalue weighted by molar-refractivity contribution is 5.06. The minimum absolute atomic E-state index is 0.894. The van der Waals surface area contributed by atoms with Crippen molar-refractivity contribution in [2.24, 2.45) is 0 Å². The lowest BCUT2D eigenvalue weighted by Gasteiger charge is -2.07. The van der Waals surface area contributed by atoms with Crippen molar-refractivity contribution in [3.63, 3.8) is 0 Å². The molecule has 0 aromatic rings. The Kier molecular flexibility index (Phi) is 1.71. The molecular formula is C8H12N2O. The third-order valence-electron chi connectivity index (χ3n) is 1.77. The van der Waals surface area contributed by atoms with E-state index in [0.717, 1.165) is 37.7 Å². The van der Waals surface area contributed by atoms with Gasteiger partial charge in [0, 0.05) is 13.1 Å². The lowest BCUT2D eigenvalue weighted by Crippen LogP contribution is -2.15. The summed E-state index contributed by atoms with van der Waals surface area (Å²) in [6, 6.07) is 0. The topological polar surface area (TPSA) is 33.3 Å². The first-order chi connectivity index (χ1) is 5.45. The minimum Gasteiger partial charge on any atom is -0.426 e. The quantitative estimate of drug-likeness (QED) is 0.610. The van der Waals surface area contributed by atoms with Crippen LogP contribution in [0.1, 0.15) is 12.8 Å². The van der Waals surface area contributed by atoms with Crippen molar-refractivity contribution in [1.82, 2.24) is 10.6 Å². The van der Waals surface area contributed by atoms with Crippen molar-refractivity contribution in [1.29, 1.82) is 0 Å². The van der Waals surface area contributed by atoms with Crippen molar-refractivity contribution in [3.05, 3.63) is 23.9 Å². The molecule has 0 atom stereocenters. The van der Waals surface area contributed by atoms with Gasteiger partial charge in [-0.05, 0) is 25.0 Å². The van der Waals surface area contributed by atoms with Crippen LogP contribution in [0.5, 0.6) is 0 Å². The molecule has 11 heavy (non-hydrogen) atoms. The molecule has 0 amide bonds. The Morgan fingerprint density at radius 2 is 1.55 bits per heavy atom. The zero-order chi connectivity index (χ0) is 7.52. The molecule has 3 nitrogen and oxygen atoms in total. The normalized spacial score (nSPS) is 21.8. The van der Waals surface area contributed by atoms with E-state index >= 15 is 0 Å². The van der Waals surface area contributed by atoms with Gasteiger partial charge in [0.25, 0.3) is 0 Å². The van der Waals surface area contributed by atoms with Gasteiger partial charge in [-0.15, -0.1) is 0 Å². The van der Waals surface area contributed by atoms with Crippen LogP contribution in [0.4, 0.5) is 0 Å². The molecule has 0 fully saturated rings. The van der Waals surface area contributed by atoms with Crippen molar-refractivity contribution in [3.8, 4) is 0 Å². The lowest BCUT2D eigenvalue weighted by atomic mass is 10.5. The summed E-state index contributed by atoms with van der Waals surface area (Å²) in [5.41, 5.74) is 0. The molecule has 2 N–H and O–H groups in total. The van der Waals surface area contributed by atoms with Gasteiger partial charge in [0.1, 0.15) is 0 Å². The van der Waals surface area contributed by atoms with Crippen molar-refractivity contribution >= 4 is 0 Å². The Hall–Kier alpha value is -1.12. The van der Waals surface area contributed by atoms with Gasteiger partial charge < -0.3 is 15.4 Å². The van der Waals surface area contributed by atoms with Crippen LogP contribution in [0.25, 0.3) is 0 Å². The fraction of sp³-hybridized carbons (Fsp3) is 0.500. The maximum Gasteiger partial charge on any atom is 0.191 e. The van der Waals surface area contributed by atoms with Gasteiger partial charge in [-0.2, -0.15) is 0 Å². The summed E-state index contributed by atoms with van der Waals surface area (Å²) in [6.07, 6.45) is 6.28. The van der Waals surface area contributed by atoms with Crippen LogP contribution in [-0.2, 0) is 4.74 Å². The second-order valence-corrected chi connectivity index (χ2v) is 2.67. The van der Waals surface area contributed by atoms with E-state index in [4.69, 9.17) is 4.74 Å². The average molecular weight is 152 g/mol. The SMILES string of the molecule is C1=C(OC2=CCCN2)NCC1. The molecule has 60 valence electrons. The predicted molar refractivity (Wildman–Crippen MR) is 42.5 cm³/mol. The van der Waals surface area contributed by atoms with Gasteiger partial charge >= 0.3 is 0 Å². The molecule has 0 bridgehead atoms. The first kappa shape index (κ1) is 6.58. The first-order valence-electron chi connectivity index (χ1n) is 4.01. The summed E-state index contributed by atoms with van der Waals surface area (Å²) in [5.74, 6) is 1.79. The number of hydrogen-bond donors (Lipinski definition) is 2. The molecular weight excluding hydrogens is 140 g/mol. The minimum atomic E-state index is 0.894. The zero-order valence-corrected chi connectivity index (χ0v) is 6.39. The predicted octanol–water partition coefficient (Wildman–Crippen LogP) is 0.672. The van der Waals surface area contributed by atoms with E-state index < -0.39 is 0 Å². The fourth-order valence-electron chi connectivity index (χ4n) is 1.22. The molecule has 2 aliphatic heterocycles. The van der Waals surface area contributed by atoms with Gasteiger partial charge in [-0.3, -0.25) is 0 Å². The number of ether oxygens (including phenoxy) is 1. The van der Waals surface area contributed by atoms with E-state index in [-0.39, 0.29) is 0 Å². The van der Waals surface area contributed by atoms with Crippen molar-refractivity contribution in [2.75, 3.05) is 13.1 Å². The second kappa shape index (κ2) is 2.86. The van der Waals surface area contributed by atoms with Crippen LogP contribution in [-0.4, -0.2) is 13.1 Å². The van der Waals surface area contributed by atoms with E-state index in [1.807, 2.05) is 0 Å². The molecule has 0 saturated carbocycles. The van der Waals surface area contributed by atoms with Crippen LogP contribution < -0.4 is 10.6 Å². The monoisotopic (exact) mass is 152 g/mol. The van der Waals surface area contributed by atoms with E-state index in [1.54, 1.807) is 0 Å². The number of nitrogens with one attached hydrogen (secondary N) is 2. The standard InChI is InChI=1S/C8H12N2O/c1-3-7(9-5-1)11-8-4-2-6-10-8/h3-4,9-10H,1-2,5-6H2. The van der Waals surface area contributed by atoms with E-state index in [2.05, 4.69) is 22.8 Å². The fourth-order valence-corrected chi connectivity index (χ4v) is 1.22. The second-order valence-electron chi connectivity index (χ2n) is 2.67. The summed E-state index contributed by atoms with van der Waals surface area (Å²) in [5, 5.41) is 6.28. The molecule has 0 aromatic carbocycles. The molecule has 0 aromatic heterocycles. The van der Waals surface area contributed by atoms with Crippen molar-refractivity contribution in [2.45, 2.75) is 12.8 Å². The average Bonchev–Trinajstić information content (AvgIpc) is 2.60. The van der Waals surface area contributed by atoms with Gasteiger partial charge in [0.15, 0.2) is 11.8 Å². The third kappa shape index (κ3) is 1.48. The van der Waals surface area contributed by atoms with Crippen molar-refractivity contribution < 1.29 is 4.74 Å². The lowest BCUT2D eigenvalue weighted by molar-refractivity contribution is 0.264. The molecule has 0 radical (unpaired) electrons. The van der Waals surface area contributed by atoms with Crippen LogP contribution in [0.3, 0.4) is 0 Å². The van der Waals surface area contributed by atoms with Crippen LogP contribution >= 0.6 is 0 Å². The number of hydrogen-bond acceptors (Lipinski definition) is 3. The Morgan fingerprint density at radius 1 is 1.00 bits per heavy atom. The van der Waals surface area contributed by atoms with Gasteiger partial charge in [-0.25, -0.2) is 0 Å². The largest absolute Gasteiger partial charge is 0.426 e. The summed E-state index contributed by atoms with van der Waals surface area (Å²) >= 11 is 0.